The van der Waals surface area contributed by atoms with Gasteiger partial charge in [-0.1, -0.05) is 6.07 Å². The van der Waals surface area contributed by atoms with Crippen molar-refractivity contribution >= 4 is 17.8 Å². The van der Waals surface area contributed by atoms with Crippen molar-refractivity contribution in [3.05, 3.63) is 59.3 Å². The van der Waals surface area contributed by atoms with Crippen LogP contribution in [0.4, 0.5) is 19.4 Å². The van der Waals surface area contributed by atoms with E-state index < -0.39 is 23.2 Å². The Morgan fingerprint density at radius 1 is 1.15 bits per heavy atom. The van der Waals surface area contributed by atoms with Gasteiger partial charge in [0.1, 0.15) is 17.5 Å². The summed E-state index contributed by atoms with van der Waals surface area (Å²) in [7, 11) is 3.23. The molecule has 2 N–H and O–H groups in total. The predicted octanol–water partition coefficient (Wildman–Crippen LogP) is 3.26. The Bertz CT molecular complexity index is 862. The van der Waals surface area contributed by atoms with Crippen LogP contribution in [-0.2, 0) is 5.54 Å². The minimum Gasteiger partial charge on any atom is -0.345 e. The van der Waals surface area contributed by atoms with Gasteiger partial charge in [-0.3, -0.25) is 10.1 Å². The molecule has 2 aromatic rings. The standard InChI is InChI=1S/C19H20F2N4O2/c1-25(2)17(26)12-7-10-22-15(11-12)23-18(27)24-19(8-4-9-19)16-13(20)5-3-6-14(16)21/h3,5-7,10-11H,4,8-9H2,1-2H3,(H2,22,23,24,27). The molecule has 1 aromatic carbocycles. The molecule has 1 aromatic heterocycles. The third kappa shape index (κ3) is 3.74. The van der Waals surface area contributed by atoms with Crippen molar-refractivity contribution in [2.45, 2.75) is 24.8 Å². The fourth-order valence-corrected chi connectivity index (χ4v) is 3.18. The summed E-state index contributed by atoms with van der Waals surface area (Å²) in [5.41, 5.74) is -0.851. The van der Waals surface area contributed by atoms with Crippen molar-refractivity contribution in [2.75, 3.05) is 19.4 Å². The van der Waals surface area contributed by atoms with Crippen LogP contribution in [0, 0.1) is 11.6 Å². The molecular weight excluding hydrogens is 354 g/mol. The maximum atomic E-state index is 14.2. The normalized spacial score (nSPS) is 14.8. The Labute approximate surface area is 155 Å². The number of rotatable bonds is 4. The number of pyridine rings is 1. The van der Waals surface area contributed by atoms with E-state index in [-0.39, 0.29) is 17.3 Å². The summed E-state index contributed by atoms with van der Waals surface area (Å²) in [6, 6.07) is 5.98. The molecule has 1 aliphatic carbocycles. The number of hydrogen-bond donors (Lipinski definition) is 2. The van der Waals surface area contributed by atoms with Crippen molar-refractivity contribution in [1.29, 1.82) is 0 Å². The third-order valence-corrected chi connectivity index (χ3v) is 4.66. The number of urea groups is 1. The van der Waals surface area contributed by atoms with E-state index in [1.54, 1.807) is 14.1 Å². The summed E-state index contributed by atoms with van der Waals surface area (Å²) in [5.74, 6) is -1.44. The van der Waals surface area contributed by atoms with Crippen molar-refractivity contribution in [3.8, 4) is 0 Å². The fraction of sp³-hybridized carbons (Fsp3) is 0.316. The first kappa shape index (κ1) is 18.8. The highest BCUT2D eigenvalue weighted by Gasteiger charge is 2.44. The van der Waals surface area contributed by atoms with Gasteiger partial charge in [-0.2, -0.15) is 0 Å². The highest BCUT2D eigenvalue weighted by molar-refractivity contribution is 5.96. The monoisotopic (exact) mass is 374 g/mol. The van der Waals surface area contributed by atoms with E-state index in [0.29, 0.717) is 18.4 Å². The lowest BCUT2D eigenvalue weighted by Crippen LogP contribution is -2.53. The van der Waals surface area contributed by atoms with Crippen LogP contribution in [0.15, 0.2) is 36.5 Å². The smallest absolute Gasteiger partial charge is 0.321 e. The molecule has 1 fully saturated rings. The molecule has 142 valence electrons. The van der Waals surface area contributed by atoms with Gasteiger partial charge in [-0.15, -0.1) is 0 Å². The van der Waals surface area contributed by atoms with Crippen LogP contribution in [0.2, 0.25) is 0 Å². The van der Waals surface area contributed by atoms with Crippen LogP contribution >= 0.6 is 0 Å². The van der Waals surface area contributed by atoms with E-state index in [2.05, 4.69) is 15.6 Å². The highest BCUT2D eigenvalue weighted by atomic mass is 19.1. The Morgan fingerprint density at radius 3 is 2.37 bits per heavy atom. The molecule has 0 spiro atoms. The van der Waals surface area contributed by atoms with Gasteiger partial charge < -0.3 is 10.2 Å². The van der Waals surface area contributed by atoms with Crippen molar-refractivity contribution in [2.24, 2.45) is 0 Å². The number of carbonyl (C=O) groups excluding carboxylic acids is 2. The number of benzene rings is 1. The zero-order valence-corrected chi connectivity index (χ0v) is 15.1. The number of anilines is 1. The van der Waals surface area contributed by atoms with Gasteiger partial charge in [0, 0.05) is 31.4 Å². The first-order valence-corrected chi connectivity index (χ1v) is 8.54. The maximum Gasteiger partial charge on any atom is 0.321 e. The molecule has 0 atom stereocenters. The lowest BCUT2D eigenvalue weighted by molar-refractivity contribution is 0.0827. The summed E-state index contributed by atoms with van der Waals surface area (Å²) in [5, 5.41) is 5.21. The van der Waals surface area contributed by atoms with E-state index in [9.17, 15) is 18.4 Å². The Balaban J connectivity index is 1.77. The van der Waals surface area contributed by atoms with Crippen molar-refractivity contribution in [1.82, 2.24) is 15.2 Å². The van der Waals surface area contributed by atoms with Gasteiger partial charge in [0.2, 0.25) is 0 Å². The molecule has 27 heavy (non-hydrogen) atoms. The second-order valence-electron chi connectivity index (χ2n) is 6.74. The molecule has 0 aliphatic heterocycles. The van der Waals surface area contributed by atoms with Gasteiger partial charge in [0.25, 0.3) is 5.91 Å². The highest BCUT2D eigenvalue weighted by Crippen LogP contribution is 2.43. The van der Waals surface area contributed by atoms with Crippen LogP contribution in [0.1, 0.15) is 35.2 Å². The maximum absolute atomic E-state index is 14.2. The SMILES string of the molecule is CN(C)C(=O)c1ccnc(NC(=O)NC2(c3c(F)cccc3F)CCC2)c1. The molecular formula is C19H20F2N4O2. The van der Waals surface area contributed by atoms with E-state index in [1.807, 2.05) is 0 Å². The predicted molar refractivity (Wildman–Crippen MR) is 96.3 cm³/mol. The van der Waals surface area contributed by atoms with Crippen molar-refractivity contribution < 1.29 is 18.4 Å². The average Bonchev–Trinajstić information content (AvgIpc) is 2.58. The number of nitrogens with one attached hydrogen (secondary N) is 2. The summed E-state index contributed by atoms with van der Waals surface area (Å²) in [6.07, 6.45) is 3.02. The average molecular weight is 374 g/mol. The lowest BCUT2D eigenvalue weighted by Gasteiger charge is -2.43. The number of nitrogens with zero attached hydrogens (tertiary/aromatic N) is 2. The lowest BCUT2D eigenvalue weighted by atomic mass is 9.71. The first-order valence-electron chi connectivity index (χ1n) is 8.54. The largest absolute Gasteiger partial charge is 0.345 e. The number of carbonyl (C=O) groups is 2. The number of amides is 3. The van der Waals surface area contributed by atoms with Crippen LogP contribution in [-0.4, -0.2) is 35.9 Å². The second kappa shape index (κ2) is 7.30. The first-order chi connectivity index (χ1) is 12.8. The third-order valence-electron chi connectivity index (χ3n) is 4.66. The van der Waals surface area contributed by atoms with Gasteiger partial charge >= 0.3 is 6.03 Å². The quantitative estimate of drug-likeness (QED) is 0.863. The molecule has 8 heteroatoms. The Hall–Kier alpha value is -3.03. The van der Waals surface area contributed by atoms with Crippen LogP contribution < -0.4 is 10.6 Å². The van der Waals surface area contributed by atoms with Crippen LogP contribution in [0.25, 0.3) is 0 Å². The minimum absolute atomic E-state index is 0.129. The summed E-state index contributed by atoms with van der Waals surface area (Å²) in [4.78, 5) is 29.9. The van der Waals surface area contributed by atoms with Gasteiger partial charge in [0.15, 0.2) is 0 Å². The number of hydrogen-bond acceptors (Lipinski definition) is 3. The molecule has 6 nitrogen and oxygen atoms in total. The van der Waals surface area contributed by atoms with Gasteiger partial charge in [-0.25, -0.2) is 18.6 Å². The molecule has 0 radical (unpaired) electrons. The fourth-order valence-electron chi connectivity index (χ4n) is 3.18. The van der Waals surface area contributed by atoms with E-state index in [4.69, 9.17) is 0 Å². The molecule has 1 aliphatic rings. The van der Waals surface area contributed by atoms with Crippen LogP contribution in [0.3, 0.4) is 0 Å². The summed E-state index contributed by atoms with van der Waals surface area (Å²) < 4.78 is 28.4. The number of aromatic nitrogens is 1. The molecule has 0 saturated heterocycles. The zero-order chi connectivity index (χ0) is 19.6. The van der Waals surface area contributed by atoms with Gasteiger partial charge in [-0.05, 0) is 43.5 Å². The van der Waals surface area contributed by atoms with E-state index in [0.717, 1.165) is 6.42 Å². The van der Waals surface area contributed by atoms with Crippen molar-refractivity contribution in [3.63, 3.8) is 0 Å². The minimum atomic E-state index is -1.09. The Kier molecular flexibility index (Phi) is 5.07. The summed E-state index contributed by atoms with van der Waals surface area (Å²) >= 11 is 0. The van der Waals surface area contributed by atoms with E-state index >= 15 is 0 Å². The topological polar surface area (TPSA) is 74.3 Å². The zero-order valence-electron chi connectivity index (χ0n) is 15.1. The number of halogens is 2. The Morgan fingerprint density at radius 2 is 1.81 bits per heavy atom. The van der Waals surface area contributed by atoms with Crippen LogP contribution in [0.5, 0.6) is 0 Å². The molecule has 3 rings (SSSR count). The summed E-state index contributed by atoms with van der Waals surface area (Å²) in [6.45, 7) is 0. The second-order valence-corrected chi connectivity index (χ2v) is 6.74. The molecule has 0 unspecified atom stereocenters. The van der Waals surface area contributed by atoms with Gasteiger partial charge in [0.05, 0.1) is 5.54 Å². The molecule has 0 bridgehead atoms. The molecule has 1 heterocycles. The van der Waals surface area contributed by atoms with E-state index in [1.165, 1.54) is 41.4 Å². The molecule has 3 amide bonds. The molecule has 1 saturated carbocycles.